The van der Waals surface area contributed by atoms with Crippen LogP contribution in [0.4, 0.5) is 0 Å². The first-order valence-electron chi connectivity index (χ1n) is 12.6. The highest BCUT2D eigenvalue weighted by Crippen LogP contribution is 2.41. The van der Waals surface area contributed by atoms with Gasteiger partial charge in [0.25, 0.3) is 0 Å². The maximum absolute atomic E-state index is 13.4. The third-order valence-electron chi connectivity index (χ3n) is 7.66. The molecule has 0 aliphatic heterocycles. The predicted octanol–water partition coefficient (Wildman–Crippen LogP) is 6.87. The van der Waals surface area contributed by atoms with Gasteiger partial charge in [-0.25, -0.2) is 4.79 Å². The zero-order chi connectivity index (χ0) is 26.7. The molecule has 0 unspecified atom stereocenters. The summed E-state index contributed by atoms with van der Waals surface area (Å²) in [5.74, 6) is -1.44. The monoisotopic (exact) mass is 488 g/mol. The number of fused-ring (bicyclic) bond motifs is 2. The van der Waals surface area contributed by atoms with Crippen molar-refractivity contribution in [1.29, 1.82) is 21.0 Å². The van der Waals surface area contributed by atoms with E-state index in [2.05, 4.69) is 45.0 Å². The van der Waals surface area contributed by atoms with Crippen molar-refractivity contribution in [3.05, 3.63) is 59.2 Å². The van der Waals surface area contributed by atoms with Gasteiger partial charge < -0.3 is 4.74 Å². The lowest BCUT2D eigenvalue weighted by Gasteiger charge is -2.36. The summed E-state index contributed by atoms with van der Waals surface area (Å²) in [5, 5.41) is 41.4. The normalized spacial score (nSPS) is 19.4. The van der Waals surface area contributed by atoms with Crippen LogP contribution in [-0.2, 0) is 4.74 Å². The lowest BCUT2D eigenvalue weighted by molar-refractivity contribution is -0.0173. The third-order valence-corrected chi connectivity index (χ3v) is 7.66. The molecule has 6 nitrogen and oxygen atoms in total. The Morgan fingerprint density at radius 1 is 0.838 bits per heavy atom. The zero-order valence-corrected chi connectivity index (χ0v) is 21.2. The van der Waals surface area contributed by atoms with E-state index in [1.807, 2.05) is 0 Å². The minimum Gasteiger partial charge on any atom is -0.458 e. The fourth-order valence-corrected chi connectivity index (χ4v) is 5.77. The Hall–Kier alpha value is -4.39. The Kier molecular flexibility index (Phi) is 7.43. The third kappa shape index (κ3) is 4.72. The minimum absolute atomic E-state index is 0.175. The zero-order valence-electron chi connectivity index (χ0n) is 21.2. The molecule has 0 radical (unpaired) electrons. The van der Waals surface area contributed by atoms with E-state index in [4.69, 9.17) is 4.74 Å². The van der Waals surface area contributed by atoms with Crippen LogP contribution in [0.1, 0.15) is 73.4 Å². The Balaban J connectivity index is 1.92. The molecule has 6 heteroatoms. The van der Waals surface area contributed by atoms with Crippen LogP contribution in [-0.4, -0.2) is 12.1 Å². The molecule has 0 bridgehead atoms. The number of nitrogens with zero attached hydrogens (tertiary/aromatic N) is 4. The van der Waals surface area contributed by atoms with Gasteiger partial charge in [0.05, 0.1) is 29.8 Å². The van der Waals surface area contributed by atoms with Gasteiger partial charge >= 0.3 is 5.97 Å². The predicted molar refractivity (Wildman–Crippen MR) is 140 cm³/mol. The van der Waals surface area contributed by atoms with E-state index < -0.39 is 17.8 Å². The number of carbonyl (C=O) groups is 1. The number of hydrogen-bond donors (Lipinski definition) is 0. The largest absolute Gasteiger partial charge is 0.458 e. The first-order valence-corrected chi connectivity index (χ1v) is 12.6. The highest BCUT2D eigenvalue weighted by Gasteiger charge is 2.34. The van der Waals surface area contributed by atoms with Crippen molar-refractivity contribution in [3.8, 4) is 24.3 Å². The van der Waals surface area contributed by atoms with Gasteiger partial charge in [-0.15, -0.1) is 0 Å². The van der Waals surface area contributed by atoms with E-state index in [0.29, 0.717) is 56.0 Å². The lowest BCUT2D eigenvalue weighted by atomic mass is 9.75. The van der Waals surface area contributed by atoms with Crippen LogP contribution in [0.5, 0.6) is 0 Å². The summed E-state index contributed by atoms with van der Waals surface area (Å²) in [7, 11) is 0. The Labute approximate surface area is 217 Å². The Morgan fingerprint density at radius 2 is 1.38 bits per heavy atom. The summed E-state index contributed by atoms with van der Waals surface area (Å²) < 4.78 is 6.06. The molecule has 1 fully saturated rings. The summed E-state index contributed by atoms with van der Waals surface area (Å²) >= 11 is 0. The number of hydrogen-bond acceptors (Lipinski definition) is 6. The topological polar surface area (TPSA) is 121 Å². The van der Waals surface area contributed by atoms with Crippen LogP contribution >= 0.6 is 0 Å². The van der Waals surface area contributed by atoms with E-state index in [0.717, 1.165) is 19.3 Å². The van der Waals surface area contributed by atoms with E-state index in [1.165, 1.54) is 0 Å². The van der Waals surface area contributed by atoms with Crippen LogP contribution in [0.2, 0.25) is 0 Å². The smallest absolute Gasteiger partial charge is 0.338 e. The molecule has 3 aromatic carbocycles. The number of rotatable bonds is 5. The van der Waals surface area contributed by atoms with E-state index in [9.17, 15) is 25.8 Å². The van der Waals surface area contributed by atoms with Gasteiger partial charge in [-0.3, -0.25) is 0 Å². The van der Waals surface area contributed by atoms with Gasteiger partial charge in [0.2, 0.25) is 0 Å². The van der Waals surface area contributed by atoms with Crippen molar-refractivity contribution >= 4 is 27.5 Å². The van der Waals surface area contributed by atoms with Gasteiger partial charge in [0.15, 0.2) is 11.8 Å². The molecule has 3 aromatic rings. The molecule has 4 rings (SSSR count). The highest BCUT2D eigenvalue weighted by atomic mass is 16.5. The summed E-state index contributed by atoms with van der Waals surface area (Å²) in [6.07, 6.45) is 2.78. The molecule has 0 spiro atoms. The van der Waals surface area contributed by atoms with E-state index in [1.54, 1.807) is 42.5 Å². The van der Waals surface area contributed by atoms with Crippen LogP contribution in [0.15, 0.2) is 42.5 Å². The Bertz CT molecular complexity index is 1500. The van der Waals surface area contributed by atoms with E-state index in [-0.39, 0.29) is 6.10 Å². The molecule has 0 aromatic heterocycles. The van der Waals surface area contributed by atoms with Crippen molar-refractivity contribution in [1.82, 2.24) is 0 Å². The molecular weight excluding hydrogens is 460 g/mol. The van der Waals surface area contributed by atoms with Crippen LogP contribution in [0.25, 0.3) is 21.5 Å². The molecule has 184 valence electrons. The van der Waals surface area contributed by atoms with Crippen molar-refractivity contribution in [2.45, 2.75) is 58.0 Å². The van der Waals surface area contributed by atoms with Crippen LogP contribution in [0, 0.1) is 63.1 Å². The quantitative estimate of drug-likeness (QED) is 0.285. The van der Waals surface area contributed by atoms with Gasteiger partial charge in [0.1, 0.15) is 6.10 Å². The summed E-state index contributed by atoms with van der Waals surface area (Å²) in [5.41, 5.74) is 1.29. The first-order chi connectivity index (χ1) is 17.8. The number of benzene rings is 3. The van der Waals surface area contributed by atoms with Crippen molar-refractivity contribution in [3.63, 3.8) is 0 Å². The molecule has 0 amide bonds. The average Bonchev–Trinajstić information content (AvgIpc) is 2.90. The second-order valence-corrected chi connectivity index (χ2v) is 10.3. The van der Waals surface area contributed by atoms with Crippen LogP contribution in [0.3, 0.4) is 0 Å². The second-order valence-electron chi connectivity index (χ2n) is 10.3. The van der Waals surface area contributed by atoms with Gasteiger partial charge in [-0.05, 0) is 75.4 Å². The second kappa shape index (κ2) is 10.7. The van der Waals surface area contributed by atoms with Crippen LogP contribution < -0.4 is 0 Å². The van der Waals surface area contributed by atoms with Gasteiger partial charge in [0, 0.05) is 0 Å². The van der Waals surface area contributed by atoms with E-state index >= 15 is 0 Å². The molecule has 37 heavy (non-hydrogen) atoms. The summed E-state index contributed by atoms with van der Waals surface area (Å²) in [6.45, 7) is 6.49. The summed E-state index contributed by atoms with van der Waals surface area (Å²) in [6, 6.07) is 20.4. The number of carbonyl (C=O) groups excluding carboxylic acids is 1. The fourth-order valence-electron chi connectivity index (χ4n) is 5.77. The SMILES string of the molecule is CC(C)[C@@H]1CC[C@@H](C)C[C@H]1OC(=O)c1ccc2c(C(C#N)C#N)c3ccccc3c(C(C#N)C#N)c2c1. The van der Waals surface area contributed by atoms with Gasteiger partial charge in [-0.1, -0.05) is 57.5 Å². The Morgan fingerprint density at radius 3 is 1.92 bits per heavy atom. The number of esters is 1. The highest BCUT2D eigenvalue weighted by molar-refractivity contribution is 6.09. The lowest BCUT2D eigenvalue weighted by Crippen LogP contribution is -2.35. The maximum Gasteiger partial charge on any atom is 0.338 e. The molecule has 3 atom stereocenters. The minimum atomic E-state index is -1.10. The standard InChI is InChI=1S/C31H28N4O2/c1-18(2)23-10-8-19(3)12-28(23)37-31(36)20-9-11-26-27(13-20)30(22(16-34)17-35)25-7-5-4-6-24(25)29(26)21(14-32)15-33/h4-7,9,11,13,18-19,21-23,28H,8,10,12H2,1-3H3/t19-,23+,28-/m1/s1. The fraction of sp³-hybridized carbons (Fsp3) is 0.387. The molecule has 1 aliphatic rings. The van der Waals surface area contributed by atoms with Gasteiger partial charge in [-0.2, -0.15) is 21.0 Å². The average molecular weight is 489 g/mol. The molecule has 0 saturated heterocycles. The van der Waals surface area contributed by atoms with Crippen molar-refractivity contribution in [2.75, 3.05) is 0 Å². The molecule has 0 N–H and O–H groups in total. The van der Waals surface area contributed by atoms with Crippen molar-refractivity contribution in [2.24, 2.45) is 17.8 Å². The molecule has 1 saturated carbocycles. The molecule has 1 aliphatic carbocycles. The van der Waals surface area contributed by atoms with Crippen molar-refractivity contribution < 1.29 is 9.53 Å². The molecule has 0 heterocycles. The molecular formula is C31H28N4O2. The summed E-state index contributed by atoms with van der Waals surface area (Å²) in [4.78, 5) is 13.4. The number of ether oxygens (including phenoxy) is 1. The maximum atomic E-state index is 13.4. The number of nitriles is 4. The first kappa shape index (κ1) is 25.7.